The number of benzene rings is 3. The first kappa shape index (κ1) is 28.3. The third kappa shape index (κ3) is 5.20. The van der Waals surface area contributed by atoms with Crippen molar-refractivity contribution in [3.05, 3.63) is 139 Å². The normalized spacial score (nSPS) is 17.3. The Morgan fingerprint density at radius 1 is 1.02 bits per heavy atom. The van der Waals surface area contributed by atoms with Crippen molar-refractivity contribution < 1.29 is 14.3 Å². The lowest BCUT2D eigenvalue weighted by Crippen LogP contribution is -2.49. The van der Waals surface area contributed by atoms with Crippen molar-refractivity contribution >= 4 is 23.6 Å². The molecule has 0 fully saturated rings. The molecule has 6 rings (SSSR count). The van der Waals surface area contributed by atoms with Crippen molar-refractivity contribution in [1.82, 2.24) is 9.47 Å². The van der Waals surface area contributed by atoms with Crippen LogP contribution in [0.2, 0.25) is 0 Å². The van der Waals surface area contributed by atoms with Crippen LogP contribution in [-0.4, -0.2) is 33.9 Å². The highest BCUT2D eigenvalue weighted by molar-refractivity contribution is 7.98. The summed E-state index contributed by atoms with van der Waals surface area (Å²) in [6, 6.07) is 25.2. The van der Waals surface area contributed by atoms with Crippen molar-refractivity contribution in [2.75, 3.05) is 6.54 Å². The number of thioether (sulfide) groups is 1. The van der Waals surface area contributed by atoms with Crippen LogP contribution in [0.3, 0.4) is 0 Å². The van der Waals surface area contributed by atoms with E-state index >= 15 is 0 Å². The van der Waals surface area contributed by atoms with Crippen LogP contribution in [0, 0.1) is 0 Å². The maximum atomic E-state index is 14.2. The molecular formula is C33H29N5O4S. The number of ether oxygens (including phenoxy) is 1. The zero-order valence-corrected chi connectivity index (χ0v) is 24.5. The van der Waals surface area contributed by atoms with E-state index in [9.17, 15) is 14.4 Å². The Labute approximate surface area is 252 Å². The Hall–Kier alpha value is -4.79. The molecule has 0 bridgehead atoms. The summed E-state index contributed by atoms with van der Waals surface area (Å²) in [5.74, 6) is -1.05. The predicted octanol–water partition coefficient (Wildman–Crippen LogP) is 6.72. The quantitative estimate of drug-likeness (QED) is 0.140. The van der Waals surface area contributed by atoms with Gasteiger partial charge in [-0.15, -0.1) is 11.8 Å². The van der Waals surface area contributed by atoms with E-state index in [0.29, 0.717) is 6.54 Å². The molecule has 3 aromatic carbocycles. The van der Waals surface area contributed by atoms with E-state index in [-0.39, 0.29) is 41.5 Å². The number of aromatic nitrogens is 1. The summed E-state index contributed by atoms with van der Waals surface area (Å²) in [6.45, 7) is 4.22. The second-order valence-corrected chi connectivity index (χ2v) is 11.9. The summed E-state index contributed by atoms with van der Waals surface area (Å²) in [6.07, 6.45) is 1.38. The molecule has 3 heterocycles. The minimum absolute atomic E-state index is 0.00754. The molecule has 0 N–H and O–H groups in total. The first-order valence-electron chi connectivity index (χ1n) is 14.0. The van der Waals surface area contributed by atoms with Crippen LogP contribution >= 0.6 is 11.8 Å². The number of carbonyl (C=O) groups is 2. The molecule has 1 unspecified atom stereocenters. The van der Waals surface area contributed by atoms with Crippen molar-refractivity contribution in [3.63, 3.8) is 0 Å². The number of rotatable bonds is 6. The van der Waals surface area contributed by atoms with Gasteiger partial charge in [0, 0.05) is 40.3 Å². The Morgan fingerprint density at radius 2 is 1.72 bits per heavy atom. The van der Waals surface area contributed by atoms with Gasteiger partial charge in [-0.05, 0) is 52.8 Å². The second kappa shape index (κ2) is 11.8. The summed E-state index contributed by atoms with van der Waals surface area (Å²) in [5.41, 5.74) is 12.2. The van der Waals surface area contributed by atoms with Crippen LogP contribution in [-0.2, 0) is 12.4 Å². The van der Waals surface area contributed by atoms with Crippen molar-refractivity contribution in [2.24, 2.45) is 5.11 Å². The third-order valence-corrected chi connectivity index (χ3v) is 9.16. The lowest BCUT2D eigenvalue weighted by molar-refractivity contribution is 0.0582. The van der Waals surface area contributed by atoms with Gasteiger partial charge < -0.3 is 14.2 Å². The molecular weight excluding hydrogens is 562 g/mol. The van der Waals surface area contributed by atoms with Crippen LogP contribution < -0.4 is 10.2 Å². The molecule has 9 nitrogen and oxygen atoms in total. The van der Waals surface area contributed by atoms with Gasteiger partial charge in [-0.2, -0.15) is 0 Å². The van der Waals surface area contributed by atoms with E-state index in [0.717, 1.165) is 27.3 Å². The standard InChI is InChI=1S/C33H29N5O4S/c1-20(2)37-17-26(28-23-13-7-6-12-22(23)19-43-27-15-9-8-14-24(27)28)38-16-25(32(40)35-36-34)30(39)31(29(38)33(37)41)42-18-21-10-4-3-5-11-21/h3-16,20,26,28H,17-19H2,1-2H3/t26-,28?/m1/s1. The van der Waals surface area contributed by atoms with Gasteiger partial charge in [0.05, 0.1) is 11.6 Å². The molecule has 2 amide bonds. The summed E-state index contributed by atoms with van der Waals surface area (Å²) in [4.78, 5) is 46.5. The topological polar surface area (TPSA) is 117 Å². The minimum atomic E-state index is -1.03. The molecule has 1 aromatic heterocycles. The lowest BCUT2D eigenvalue weighted by Gasteiger charge is -2.42. The van der Waals surface area contributed by atoms with E-state index in [1.807, 2.05) is 68.4 Å². The number of fused-ring (bicyclic) bond motifs is 3. The highest BCUT2D eigenvalue weighted by atomic mass is 32.2. The zero-order valence-electron chi connectivity index (χ0n) is 23.7. The average Bonchev–Trinajstić information content (AvgIpc) is 3.18. The van der Waals surface area contributed by atoms with Gasteiger partial charge in [-0.25, -0.2) is 0 Å². The molecule has 0 spiro atoms. The molecule has 2 aliphatic heterocycles. The molecule has 0 radical (unpaired) electrons. The molecule has 10 heteroatoms. The molecule has 0 saturated heterocycles. The molecule has 4 aromatic rings. The molecule has 0 aliphatic carbocycles. The third-order valence-electron chi connectivity index (χ3n) is 8.02. The van der Waals surface area contributed by atoms with Gasteiger partial charge in [0.25, 0.3) is 11.8 Å². The van der Waals surface area contributed by atoms with E-state index in [2.05, 4.69) is 34.3 Å². The summed E-state index contributed by atoms with van der Waals surface area (Å²) in [7, 11) is 0. The molecule has 43 heavy (non-hydrogen) atoms. The van der Waals surface area contributed by atoms with Crippen molar-refractivity contribution in [2.45, 2.75) is 49.1 Å². The number of hydrogen-bond acceptors (Lipinski definition) is 5. The SMILES string of the molecule is CC(C)N1C[C@H](C2c3ccccc3CSc3ccccc32)n2cc(C(=O)N=[N+]=[N-])c(=O)c(OCc3ccccc3)c2C1=O. The van der Waals surface area contributed by atoms with Crippen LogP contribution in [0.25, 0.3) is 10.4 Å². The van der Waals surface area contributed by atoms with Crippen LogP contribution in [0.4, 0.5) is 0 Å². The monoisotopic (exact) mass is 591 g/mol. The van der Waals surface area contributed by atoms with Crippen LogP contribution in [0.1, 0.15) is 68.9 Å². The Morgan fingerprint density at radius 3 is 2.47 bits per heavy atom. The zero-order chi connectivity index (χ0) is 30.1. The summed E-state index contributed by atoms with van der Waals surface area (Å²) in [5, 5.41) is 3.22. The Balaban J connectivity index is 1.63. The molecule has 2 aliphatic rings. The van der Waals surface area contributed by atoms with E-state index in [1.165, 1.54) is 11.8 Å². The summed E-state index contributed by atoms with van der Waals surface area (Å²) >= 11 is 1.76. The number of azide groups is 1. The highest BCUT2D eigenvalue weighted by Crippen LogP contribution is 2.47. The highest BCUT2D eigenvalue weighted by Gasteiger charge is 2.42. The van der Waals surface area contributed by atoms with E-state index in [1.54, 1.807) is 21.2 Å². The molecule has 216 valence electrons. The van der Waals surface area contributed by atoms with Crippen molar-refractivity contribution in [1.29, 1.82) is 0 Å². The van der Waals surface area contributed by atoms with Crippen LogP contribution in [0.5, 0.6) is 5.75 Å². The van der Waals surface area contributed by atoms with Gasteiger partial charge in [0.1, 0.15) is 6.61 Å². The Kier molecular flexibility index (Phi) is 7.80. The van der Waals surface area contributed by atoms with Gasteiger partial charge in [-0.1, -0.05) is 72.8 Å². The van der Waals surface area contributed by atoms with Gasteiger partial charge in [0.2, 0.25) is 5.43 Å². The fourth-order valence-electron chi connectivity index (χ4n) is 5.98. The number of pyridine rings is 1. The largest absolute Gasteiger partial charge is 0.483 e. The van der Waals surface area contributed by atoms with Gasteiger partial charge in [0.15, 0.2) is 11.4 Å². The minimum Gasteiger partial charge on any atom is -0.483 e. The molecule has 2 atom stereocenters. The first-order chi connectivity index (χ1) is 20.9. The summed E-state index contributed by atoms with van der Waals surface area (Å²) < 4.78 is 7.84. The predicted molar refractivity (Wildman–Crippen MR) is 164 cm³/mol. The second-order valence-electron chi connectivity index (χ2n) is 10.8. The van der Waals surface area contributed by atoms with E-state index < -0.39 is 17.4 Å². The Bertz CT molecular complexity index is 1780. The smallest absolute Gasteiger partial charge is 0.274 e. The van der Waals surface area contributed by atoms with Crippen molar-refractivity contribution in [3.8, 4) is 5.75 Å². The van der Waals surface area contributed by atoms with E-state index in [4.69, 9.17) is 10.3 Å². The fourth-order valence-corrected chi connectivity index (χ4v) is 7.09. The number of hydrogen-bond donors (Lipinski definition) is 0. The maximum absolute atomic E-state index is 14.2. The molecule has 0 saturated carbocycles. The number of nitrogens with zero attached hydrogens (tertiary/aromatic N) is 5. The average molecular weight is 592 g/mol. The first-order valence-corrected chi connectivity index (χ1v) is 15.0. The number of amides is 2. The lowest BCUT2D eigenvalue weighted by atomic mass is 9.81. The maximum Gasteiger partial charge on any atom is 0.274 e. The number of carbonyl (C=O) groups excluding carboxylic acids is 2. The van der Waals surface area contributed by atoms with Crippen LogP contribution in [0.15, 0.2) is 99.9 Å². The van der Waals surface area contributed by atoms with Gasteiger partial charge in [-0.3, -0.25) is 14.4 Å². The van der Waals surface area contributed by atoms with Gasteiger partial charge >= 0.3 is 0 Å². The fraction of sp³-hybridized carbons (Fsp3) is 0.242.